The predicted molar refractivity (Wildman–Crippen MR) is 117 cm³/mol. The summed E-state index contributed by atoms with van der Waals surface area (Å²) in [4.78, 5) is 33.5. The third-order valence-electron chi connectivity index (χ3n) is 5.72. The fraction of sp³-hybridized carbons (Fsp3) is 0.458. The van der Waals surface area contributed by atoms with Crippen LogP contribution in [0.4, 0.5) is 4.79 Å². The number of likely N-dealkylation sites (N-methyl/N-ethyl adjacent to an activating group) is 1. The maximum atomic E-state index is 13.3. The zero-order chi connectivity index (χ0) is 22.4. The van der Waals surface area contributed by atoms with Gasteiger partial charge in [0, 0.05) is 19.8 Å². The van der Waals surface area contributed by atoms with Crippen molar-refractivity contribution in [2.24, 2.45) is 5.92 Å². The van der Waals surface area contributed by atoms with Crippen molar-refractivity contribution in [1.82, 2.24) is 14.8 Å². The van der Waals surface area contributed by atoms with Crippen LogP contribution in [0.3, 0.4) is 0 Å². The average Bonchev–Trinajstić information content (AvgIpc) is 3.27. The summed E-state index contributed by atoms with van der Waals surface area (Å²) in [5.74, 6) is -0.560. The highest BCUT2D eigenvalue weighted by molar-refractivity contribution is 5.84. The number of amides is 2. The van der Waals surface area contributed by atoms with E-state index in [1.165, 1.54) is 4.90 Å². The lowest BCUT2D eigenvalue weighted by atomic mass is 10.0. The number of hydrogen-bond donors (Lipinski definition) is 1. The topological polar surface area (TPSA) is 83.0 Å². The van der Waals surface area contributed by atoms with Crippen LogP contribution in [0.25, 0.3) is 0 Å². The fourth-order valence-corrected chi connectivity index (χ4v) is 4.12. The Morgan fingerprint density at radius 3 is 2.55 bits per heavy atom. The largest absolute Gasteiger partial charge is 0.459 e. The van der Waals surface area contributed by atoms with E-state index in [2.05, 4.69) is 4.98 Å². The molecule has 1 aromatic carbocycles. The Hall–Kier alpha value is -2.93. The van der Waals surface area contributed by atoms with E-state index in [-0.39, 0.29) is 24.6 Å². The number of benzene rings is 1. The maximum Gasteiger partial charge on any atom is 0.329 e. The van der Waals surface area contributed by atoms with Crippen LogP contribution < -0.4 is 0 Å². The molecule has 1 aromatic heterocycles. The van der Waals surface area contributed by atoms with Gasteiger partial charge in [0.1, 0.15) is 18.8 Å². The van der Waals surface area contributed by atoms with Gasteiger partial charge in [-0.1, -0.05) is 50.2 Å². The number of nitrogens with zero attached hydrogens (tertiary/aromatic N) is 3. The molecular formula is C24H31N3O4. The number of likely N-dealkylation sites (tertiary alicyclic amines) is 1. The highest BCUT2D eigenvalue weighted by Gasteiger charge is 2.40. The summed E-state index contributed by atoms with van der Waals surface area (Å²) in [6.45, 7) is 4.47. The third kappa shape index (κ3) is 5.41. The molecular weight excluding hydrogens is 394 g/mol. The molecule has 0 bridgehead atoms. The molecule has 0 saturated carbocycles. The number of rotatable bonds is 7. The first kappa shape index (κ1) is 22.7. The van der Waals surface area contributed by atoms with E-state index in [0.29, 0.717) is 18.7 Å². The van der Waals surface area contributed by atoms with Crippen LogP contribution in [0, 0.1) is 5.92 Å². The zero-order valence-electron chi connectivity index (χ0n) is 18.3. The molecule has 1 aliphatic rings. The van der Waals surface area contributed by atoms with E-state index < -0.39 is 18.1 Å². The van der Waals surface area contributed by atoms with E-state index in [9.17, 15) is 14.7 Å². The third-order valence-corrected chi connectivity index (χ3v) is 5.72. The molecule has 7 nitrogen and oxygen atoms in total. The van der Waals surface area contributed by atoms with Gasteiger partial charge in [-0.25, -0.2) is 9.59 Å². The number of ether oxygens (including phenoxy) is 1. The summed E-state index contributed by atoms with van der Waals surface area (Å²) in [6, 6.07) is 13.4. The van der Waals surface area contributed by atoms with Crippen molar-refractivity contribution in [3.8, 4) is 0 Å². The number of aromatic nitrogens is 1. The summed E-state index contributed by atoms with van der Waals surface area (Å²) in [7, 11) is 1.62. The number of urea groups is 1. The summed E-state index contributed by atoms with van der Waals surface area (Å²) in [5, 5.41) is 10.8. The lowest BCUT2D eigenvalue weighted by Gasteiger charge is -2.36. The molecule has 1 saturated heterocycles. The van der Waals surface area contributed by atoms with Crippen LogP contribution >= 0.6 is 0 Å². The van der Waals surface area contributed by atoms with E-state index in [1.807, 2.05) is 50.2 Å². The molecule has 2 aromatic rings. The van der Waals surface area contributed by atoms with E-state index in [0.717, 1.165) is 12.0 Å². The van der Waals surface area contributed by atoms with Gasteiger partial charge in [-0.05, 0) is 36.5 Å². The van der Waals surface area contributed by atoms with Crippen molar-refractivity contribution in [2.75, 3.05) is 13.6 Å². The molecule has 166 valence electrons. The van der Waals surface area contributed by atoms with Gasteiger partial charge in [0.25, 0.3) is 0 Å². The summed E-state index contributed by atoms with van der Waals surface area (Å²) >= 11 is 0. The smallest absolute Gasteiger partial charge is 0.329 e. The van der Waals surface area contributed by atoms with Crippen molar-refractivity contribution < 1.29 is 19.4 Å². The number of aliphatic hydroxyl groups is 1. The molecule has 0 radical (unpaired) electrons. The summed E-state index contributed by atoms with van der Waals surface area (Å²) < 4.78 is 5.52. The number of hydrogen-bond acceptors (Lipinski definition) is 5. The minimum Gasteiger partial charge on any atom is -0.459 e. The molecule has 7 heteroatoms. The average molecular weight is 426 g/mol. The SMILES string of the molecule is CC(C)[C@@H](C(=O)OCc1ccccc1)N(C)C(=O)N1CCC[C@H]1C(O)c1ccccn1. The molecule has 3 atom stereocenters. The first-order chi connectivity index (χ1) is 14.9. The van der Waals surface area contributed by atoms with Crippen LogP contribution in [0.1, 0.15) is 44.1 Å². The second kappa shape index (κ2) is 10.4. The first-order valence-electron chi connectivity index (χ1n) is 10.7. The minimum atomic E-state index is -0.872. The lowest BCUT2D eigenvalue weighted by Crippen LogP contribution is -2.53. The van der Waals surface area contributed by atoms with Crippen molar-refractivity contribution in [1.29, 1.82) is 0 Å². The molecule has 0 aliphatic carbocycles. The molecule has 2 heterocycles. The first-order valence-corrected chi connectivity index (χ1v) is 10.7. The van der Waals surface area contributed by atoms with Crippen LogP contribution in [0.15, 0.2) is 54.7 Å². The van der Waals surface area contributed by atoms with Gasteiger partial charge in [0.05, 0.1) is 11.7 Å². The summed E-state index contributed by atoms with van der Waals surface area (Å²) in [6.07, 6.45) is 2.23. The van der Waals surface area contributed by atoms with Crippen LogP contribution in [-0.2, 0) is 16.1 Å². The van der Waals surface area contributed by atoms with Gasteiger partial charge in [-0.15, -0.1) is 0 Å². The van der Waals surface area contributed by atoms with Crippen molar-refractivity contribution in [2.45, 2.75) is 51.5 Å². The number of esters is 1. The number of carbonyl (C=O) groups is 2. The highest BCUT2D eigenvalue weighted by atomic mass is 16.5. The second-order valence-electron chi connectivity index (χ2n) is 8.28. The standard InChI is InChI=1S/C24H31N3O4/c1-17(2)21(23(29)31-16-18-10-5-4-6-11-18)26(3)24(30)27-15-9-13-20(27)22(28)19-12-7-8-14-25-19/h4-8,10-12,14,17,20-22,28H,9,13,15-16H2,1-3H3/t20-,21-,22?/m0/s1. The Labute approximate surface area is 183 Å². The fourth-order valence-electron chi connectivity index (χ4n) is 4.12. The van der Waals surface area contributed by atoms with Crippen LogP contribution in [0.5, 0.6) is 0 Å². The van der Waals surface area contributed by atoms with Gasteiger partial charge >= 0.3 is 12.0 Å². The predicted octanol–water partition coefficient (Wildman–Crippen LogP) is 3.40. The van der Waals surface area contributed by atoms with Crippen LogP contribution in [0.2, 0.25) is 0 Å². The molecule has 31 heavy (non-hydrogen) atoms. The van der Waals surface area contributed by atoms with Gasteiger partial charge < -0.3 is 19.6 Å². The number of carbonyl (C=O) groups excluding carboxylic acids is 2. The Balaban J connectivity index is 1.69. The molecule has 1 N–H and O–H groups in total. The Morgan fingerprint density at radius 2 is 1.90 bits per heavy atom. The van der Waals surface area contributed by atoms with Gasteiger partial charge in [-0.2, -0.15) is 0 Å². The molecule has 1 fully saturated rings. The van der Waals surface area contributed by atoms with E-state index >= 15 is 0 Å². The number of aliphatic hydroxyl groups excluding tert-OH is 1. The lowest BCUT2D eigenvalue weighted by molar-refractivity contribution is -0.151. The van der Waals surface area contributed by atoms with E-state index in [1.54, 1.807) is 30.3 Å². The number of pyridine rings is 1. The van der Waals surface area contributed by atoms with E-state index in [4.69, 9.17) is 4.74 Å². The van der Waals surface area contributed by atoms with Gasteiger partial charge in [-0.3, -0.25) is 4.98 Å². The zero-order valence-corrected chi connectivity index (χ0v) is 18.3. The van der Waals surface area contributed by atoms with Crippen molar-refractivity contribution in [3.05, 3.63) is 66.0 Å². The van der Waals surface area contributed by atoms with Gasteiger partial charge in [0.15, 0.2) is 0 Å². The van der Waals surface area contributed by atoms with Crippen molar-refractivity contribution in [3.63, 3.8) is 0 Å². The molecule has 1 unspecified atom stereocenters. The molecule has 0 spiro atoms. The quantitative estimate of drug-likeness (QED) is 0.688. The molecule has 2 amide bonds. The highest BCUT2D eigenvalue weighted by Crippen LogP contribution is 2.30. The Morgan fingerprint density at radius 1 is 1.19 bits per heavy atom. The second-order valence-corrected chi connectivity index (χ2v) is 8.28. The Bertz CT molecular complexity index is 860. The minimum absolute atomic E-state index is 0.126. The Kier molecular flexibility index (Phi) is 7.63. The maximum absolute atomic E-state index is 13.3. The summed E-state index contributed by atoms with van der Waals surface area (Å²) in [5.41, 5.74) is 1.43. The van der Waals surface area contributed by atoms with Crippen LogP contribution in [-0.4, -0.2) is 57.6 Å². The normalized spacial score (nSPS) is 18.0. The monoisotopic (exact) mass is 425 g/mol. The van der Waals surface area contributed by atoms with Gasteiger partial charge in [0.2, 0.25) is 0 Å². The molecule has 3 rings (SSSR count). The van der Waals surface area contributed by atoms with Crippen molar-refractivity contribution >= 4 is 12.0 Å². The molecule has 1 aliphatic heterocycles.